The summed E-state index contributed by atoms with van der Waals surface area (Å²) in [5, 5.41) is 16.4. The van der Waals surface area contributed by atoms with Crippen LogP contribution >= 0.6 is 0 Å². The molecule has 0 aromatic carbocycles. The van der Waals surface area contributed by atoms with Gasteiger partial charge in [0.1, 0.15) is 0 Å². The van der Waals surface area contributed by atoms with Gasteiger partial charge >= 0.3 is 0 Å². The van der Waals surface area contributed by atoms with Crippen molar-refractivity contribution >= 4 is 65.0 Å². The maximum Gasteiger partial charge on any atom is 0.239 e. The van der Waals surface area contributed by atoms with Crippen LogP contribution in [0.15, 0.2) is 0 Å². The van der Waals surface area contributed by atoms with E-state index in [2.05, 4.69) is 38.8 Å². The second-order valence-electron chi connectivity index (χ2n) is 22.4. The average Bonchev–Trinajstić information content (AvgIpc) is 3.69. The third-order valence-corrected chi connectivity index (χ3v) is 14.7. The highest BCUT2D eigenvalue weighted by molar-refractivity contribution is 5.88. The molecule has 0 aromatic rings. The molecule has 0 atom stereocenters. The number of amides is 11. The molecule has 27 heteroatoms. The highest BCUT2D eigenvalue weighted by atomic mass is 16.2. The maximum atomic E-state index is 13.6. The average molecular weight is 1250 g/mol. The molecule has 0 radical (unpaired) electrons. The van der Waals surface area contributed by atoms with Gasteiger partial charge in [0.15, 0.2) is 0 Å². The lowest BCUT2D eigenvalue weighted by molar-refractivity contribution is -0.137. The van der Waals surface area contributed by atoms with Crippen LogP contribution in [0.25, 0.3) is 0 Å². The minimum atomic E-state index is -0.547. The van der Waals surface area contributed by atoms with E-state index in [0.717, 1.165) is 57.8 Å². The molecule has 11 amide bonds. The predicted molar refractivity (Wildman–Crippen MR) is 342 cm³/mol. The Bertz CT molecular complexity index is 1970. The summed E-state index contributed by atoms with van der Waals surface area (Å²) in [5.41, 5.74) is 28.2. The number of unbranched alkanes of at least 4 members (excludes halogenated alkanes) is 16. The van der Waals surface area contributed by atoms with Crippen molar-refractivity contribution in [2.75, 3.05) is 138 Å². The fourth-order valence-corrected chi connectivity index (χ4v) is 9.39. The highest BCUT2D eigenvalue weighted by Crippen LogP contribution is 2.11. The first kappa shape index (κ1) is 82.0. The smallest absolute Gasteiger partial charge is 0.239 e. The van der Waals surface area contributed by atoms with Crippen LogP contribution in [0.3, 0.4) is 0 Å². The third-order valence-electron chi connectivity index (χ3n) is 14.7. The van der Waals surface area contributed by atoms with Gasteiger partial charge in [-0.15, -0.1) is 0 Å². The van der Waals surface area contributed by atoms with Gasteiger partial charge in [-0.05, 0) is 103 Å². The summed E-state index contributed by atoms with van der Waals surface area (Å²) in [6.45, 7) is 3.16. The molecule has 508 valence electrons. The molecule has 0 heterocycles. The Morgan fingerprint density at radius 1 is 0.261 bits per heavy atom. The Hall–Kier alpha value is -6.03. The molecule has 0 aliphatic carbocycles. The van der Waals surface area contributed by atoms with Crippen molar-refractivity contribution in [2.45, 2.75) is 187 Å². The van der Waals surface area contributed by atoms with E-state index >= 15 is 0 Å². The quantitative estimate of drug-likeness (QED) is 0.0362. The first-order chi connectivity index (χ1) is 42.5. The number of nitrogens with zero attached hydrogens (tertiary/aromatic N) is 5. The summed E-state index contributed by atoms with van der Waals surface area (Å²) in [7, 11) is 1.47. The normalized spacial score (nSPS) is 10.9. The highest BCUT2D eigenvalue weighted by Gasteiger charge is 2.24. The van der Waals surface area contributed by atoms with E-state index in [9.17, 15) is 52.7 Å². The predicted octanol–water partition coefficient (Wildman–Crippen LogP) is 0.193. The van der Waals surface area contributed by atoms with Gasteiger partial charge in [-0.1, -0.05) is 77.6 Å². The van der Waals surface area contributed by atoms with Crippen molar-refractivity contribution in [1.29, 1.82) is 0 Å². The fraction of sp³-hybridized carbons (Fsp3) is 0.820. The first-order valence-corrected chi connectivity index (χ1v) is 32.9. The number of hydrogen-bond acceptors (Lipinski definition) is 16. The number of nitrogens with one attached hydrogen (secondary N) is 6. The Labute approximate surface area is 525 Å². The number of carbonyl (C=O) groups is 11. The SMILES string of the molecule is CCCCCCCCCC(=O)NCCN(CC(=O)NCCN(CC(=O)NCCN(CC(=O)NCCN(CC(=O)NCCN(CC(=O)NC)C(=O)CCCCCN)C(=O)CCCCCN)C(=O)CCCCCN)C(=O)CCCCCN)C(=O)CCCCCN. The molecular formula is C61H118N16O11. The topological polar surface area (TPSA) is 406 Å². The molecule has 0 aliphatic rings. The second-order valence-corrected chi connectivity index (χ2v) is 22.4. The van der Waals surface area contributed by atoms with Crippen molar-refractivity contribution in [3.05, 3.63) is 0 Å². The zero-order chi connectivity index (χ0) is 65.4. The number of nitrogens with two attached hydrogens (primary N) is 5. The zero-order valence-corrected chi connectivity index (χ0v) is 54.1. The van der Waals surface area contributed by atoms with E-state index in [0.29, 0.717) is 103 Å². The first-order valence-electron chi connectivity index (χ1n) is 32.9. The molecule has 0 fully saturated rings. The Balaban J connectivity index is 5.91. The monoisotopic (exact) mass is 1250 g/mol. The molecule has 0 unspecified atom stereocenters. The van der Waals surface area contributed by atoms with Crippen LogP contribution in [0.4, 0.5) is 0 Å². The Morgan fingerprint density at radius 2 is 0.466 bits per heavy atom. The number of carbonyl (C=O) groups excluding carboxylic acids is 11. The van der Waals surface area contributed by atoms with E-state index in [1.807, 2.05) is 0 Å². The molecule has 16 N–H and O–H groups in total. The molecule has 0 spiro atoms. The summed E-state index contributed by atoms with van der Waals surface area (Å²) in [5.74, 6) is -3.98. The van der Waals surface area contributed by atoms with Crippen LogP contribution < -0.4 is 60.6 Å². The maximum absolute atomic E-state index is 13.6. The van der Waals surface area contributed by atoms with Crippen molar-refractivity contribution < 1.29 is 52.7 Å². The van der Waals surface area contributed by atoms with Crippen LogP contribution in [-0.2, 0) is 52.7 Å². The molecule has 88 heavy (non-hydrogen) atoms. The number of hydrogen-bond donors (Lipinski definition) is 11. The molecule has 0 bridgehead atoms. The fourth-order valence-electron chi connectivity index (χ4n) is 9.39. The van der Waals surface area contributed by atoms with Crippen LogP contribution in [0.5, 0.6) is 0 Å². The second kappa shape index (κ2) is 56.2. The zero-order valence-electron chi connectivity index (χ0n) is 54.1. The standard InChI is InChI=1S/C61H118N16O11/c1-3-4-5-6-7-8-14-25-51(78)68-36-41-74(58(85)27-16-10-21-32-63)47-53(80)70-38-43-76(60(87)29-18-12-23-34-65)49-55(82)72-40-45-77(61(88)30-19-13-24-35-66)50-56(83)71-39-44-75(59(86)28-17-11-22-33-64)48-54(81)69-37-42-73(46-52(79)67-2)57(84)26-15-9-20-31-62/h3-50,62-66H2,1-2H3,(H,67,79)(H,68,78)(H,69,81)(H,70,80)(H,71,83)(H,72,82). The van der Waals surface area contributed by atoms with E-state index in [4.69, 9.17) is 28.7 Å². The molecule has 0 aromatic heterocycles. The van der Waals surface area contributed by atoms with E-state index in [1.54, 1.807) is 0 Å². The van der Waals surface area contributed by atoms with Gasteiger partial charge in [-0.2, -0.15) is 0 Å². The van der Waals surface area contributed by atoms with Crippen molar-refractivity contribution in [3.63, 3.8) is 0 Å². The Kier molecular flexibility index (Phi) is 52.4. The Morgan fingerprint density at radius 3 is 0.705 bits per heavy atom. The summed E-state index contributed by atoms with van der Waals surface area (Å²) in [6, 6.07) is 0. The summed E-state index contributed by atoms with van der Waals surface area (Å²) < 4.78 is 0. The van der Waals surface area contributed by atoms with Gasteiger partial charge in [-0.3, -0.25) is 52.7 Å². The van der Waals surface area contributed by atoms with Crippen LogP contribution in [0, 0.1) is 0 Å². The molecule has 0 aliphatic heterocycles. The van der Waals surface area contributed by atoms with Crippen LogP contribution in [0.1, 0.15) is 187 Å². The van der Waals surface area contributed by atoms with Gasteiger partial charge in [0.2, 0.25) is 65.0 Å². The largest absolute Gasteiger partial charge is 0.358 e. The summed E-state index contributed by atoms with van der Waals surface area (Å²) in [6.07, 6.45) is 18.9. The number of likely N-dealkylation sites (N-methyl/N-ethyl adjacent to an activating group) is 1. The van der Waals surface area contributed by atoms with Crippen molar-refractivity contribution in [3.8, 4) is 0 Å². The van der Waals surface area contributed by atoms with Gasteiger partial charge in [0.05, 0.1) is 32.7 Å². The molecular weight excluding hydrogens is 1130 g/mol. The third kappa shape index (κ3) is 45.3. The summed E-state index contributed by atoms with van der Waals surface area (Å²) >= 11 is 0. The van der Waals surface area contributed by atoms with E-state index < -0.39 is 23.6 Å². The van der Waals surface area contributed by atoms with Gasteiger partial charge in [-0.25, -0.2) is 0 Å². The molecule has 27 nitrogen and oxygen atoms in total. The van der Waals surface area contributed by atoms with Gasteiger partial charge in [0.25, 0.3) is 0 Å². The molecule has 0 saturated heterocycles. The summed E-state index contributed by atoms with van der Waals surface area (Å²) in [4.78, 5) is 152. The lowest BCUT2D eigenvalue weighted by Gasteiger charge is -2.26. The number of rotatable bonds is 58. The van der Waals surface area contributed by atoms with E-state index in [-0.39, 0.29) is 172 Å². The molecule has 0 saturated carbocycles. The minimum Gasteiger partial charge on any atom is -0.358 e. The van der Waals surface area contributed by atoms with Crippen molar-refractivity contribution in [2.24, 2.45) is 28.7 Å². The van der Waals surface area contributed by atoms with Crippen LogP contribution in [0.2, 0.25) is 0 Å². The van der Waals surface area contributed by atoms with Gasteiger partial charge in [0, 0.05) is 111 Å². The van der Waals surface area contributed by atoms with E-state index in [1.165, 1.54) is 50.8 Å². The van der Waals surface area contributed by atoms with Crippen LogP contribution in [-0.4, -0.2) is 227 Å². The minimum absolute atomic E-state index is 0.0216. The molecule has 0 rings (SSSR count). The van der Waals surface area contributed by atoms with Crippen molar-refractivity contribution in [1.82, 2.24) is 56.4 Å². The lowest BCUT2D eigenvalue weighted by Crippen LogP contribution is -2.49. The van der Waals surface area contributed by atoms with Gasteiger partial charge < -0.3 is 85.1 Å². The lowest BCUT2D eigenvalue weighted by atomic mass is 10.1.